The van der Waals surface area contributed by atoms with Crippen LogP contribution < -0.4 is 5.32 Å². The minimum Gasteiger partial charge on any atom is -0.480 e. The summed E-state index contributed by atoms with van der Waals surface area (Å²) < 4.78 is 35.0. The van der Waals surface area contributed by atoms with E-state index in [1.165, 1.54) is 0 Å². The molecular weight excluding hydrogens is 568 g/mol. The van der Waals surface area contributed by atoms with Crippen molar-refractivity contribution in [2.45, 2.75) is 51.1 Å². The SMILES string of the molecule is CO[C@H]1C[C@@H](COCc2ccccc2)N(Cc2ccc(C(=O)N[C@@H](CCS(C)(=O)=O)C(=O)O)c(-c3ccccc3C)c2)C1. The van der Waals surface area contributed by atoms with Crippen LogP contribution in [0.1, 0.15) is 39.9 Å². The first-order chi connectivity index (χ1) is 20.5. The van der Waals surface area contributed by atoms with E-state index >= 15 is 0 Å². The van der Waals surface area contributed by atoms with Gasteiger partial charge in [-0.05, 0) is 59.7 Å². The first kappa shape index (κ1) is 32.3. The number of methoxy groups -OCH3 is 1. The lowest BCUT2D eigenvalue weighted by Gasteiger charge is -2.25. The fourth-order valence-corrected chi connectivity index (χ4v) is 6.07. The van der Waals surface area contributed by atoms with E-state index in [0.717, 1.165) is 41.5 Å². The fraction of sp³-hybridized carbons (Fsp3) is 0.394. The van der Waals surface area contributed by atoms with E-state index in [1.54, 1.807) is 13.2 Å². The number of nitrogens with one attached hydrogen (secondary N) is 1. The minimum atomic E-state index is -3.40. The number of benzene rings is 3. The molecule has 4 rings (SSSR count). The summed E-state index contributed by atoms with van der Waals surface area (Å²) in [6.45, 7) is 4.42. The van der Waals surface area contributed by atoms with Crippen LogP contribution in [0.4, 0.5) is 0 Å². The van der Waals surface area contributed by atoms with Gasteiger partial charge in [0.1, 0.15) is 15.9 Å². The van der Waals surface area contributed by atoms with Gasteiger partial charge in [0, 0.05) is 38.1 Å². The number of aryl methyl sites for hydroxylation is 1. The summed E-state index contributed by atoms with van der Waals surface area (Å²) in [7, 11) is -1.67. The van der Waals surface area contributed by atoms with Gasteiger partial charge in [-0.1, -0.05) is 60.7 Å². The molecule has 1 aliphatic heterocycles. The zero-order valence-corrected chi connectivity index (χ0v) is 25.7. The van der Waals surface area contributed by atoms with Gasteiger partial charge < -0.3 is 19.9 Å². The highest BCUT2D eigenvalue weighted by Gasteiger charge is 2.32. The van der Waals surface area contributed by atoms with Crippen molar-refractivity contribution in [3.63, 3.8) is 0 Å². The number of carboxylic acid groups (broad SMARTS) is 1. The van der Waals surface area contributed by atoms with Crippen molar-refractivity contribution in [2.75, 3.05) is 32.3 Å². The monoisotopic (exact) mass is 608 g/mol. The maximum atomic E-state index is 13.4. The van der Waals surface area contributed by atoms with Crippen molar-refractivity contribution in [1.29, 1.82) is 0 Å². The number of carboxylic acids is 1. The Morgan fingerprint density at radius 2 is 1.74 bits per heavy atom. The van der Waals surface area contributed by atoms with Gasteiger partial charge in [-0.3, -0.25) is 9.69 Å². The van der Waals surface area contributed by atoms with Crippen molar-refractivity contribution < 1.29 is 32.6 Å². The molecular formula is C33H40N2O7S. The molecule has 1 heterocycles. The average molecular weight is 609 g/mol. The molecule has 230 valence electrons. The molecule has 0 bridgehead atoms. The third-order valence-corrected chi connectivity index (χ3v) is 8.75. The molecule has 0 radical (unpaired) electrons. The van der Waals surface area contributed by atoms with Crippen molar-refractivity contribution in [1.82, 2.24) is 10.2 Å². The Hall–Kier alpha value is -3.57. The molecule has 43 heavy (non-hydrogen) atoms. The van der Waals surface area contributed by atoms with Crippen LogP contribution in [0.3, 0.4) is 0 Å². The van der Waals surface area contributed by atoms with Gasteiger partial charge in [-0.25, -0.2) is 13.2 Å². The number of hydrogen-bond donors (Lipinski definition) is 2. The van der Waals surface area contributed by atoms with E-state index < -0.39 is 27.8 Å². The zero-order chi connectivity index (χ0) is 31.0. The van der Waals surface area contributed by atoms with E-state index in [9.17, 15) is 23.1 Å². The predicted octanol–water partition coefficient (Wildman–Crippen LogP) is 4.09. The number of nitrogens with zero attached hydrogens (tertiary/aromatic N) is 1. The molecule has 3 aromatic carbocycles. The first-order valence-electron chi connectivity index (χ1n) is 14.3. The quantitative estimate of drug-likeness (QED) is 0.281. The Labute approximate surface area is 253 Å². The summed E-state index contributed by atoms with van der Waals surface area (Å²) in [5.74, 6) is -2.20. The molecule has 1 amide bonds. The summed E-state index contributed by atoms with van der Waals surface area (Å²) >= 11 is 0. The second-order valence-electron chi connectivity index (χ2n) is 11.2. The second-order valence-corrected chi connectivity index (χ2v) is 13.4. The smallest absolute Gasteiger partial charge is 0.326 e. The number of ether oxygens (including phenoxy) is 2. The van der Waals surface area contributed by atoms with Gasteiger partial charge in [0.15, 0.2) is 0 Å². The highest BCUT2D eigenvalue weighted by atomic mass is 32.2. The average Bonchev–Trinajstić information content (AvgIpc) is 3.36. The Kier molecular flexibility index (Phi) is 11.1. The Bertz CT molecular complexity index is 1510. The number of rotatable bonds is 14. The number of likely N-dealkylation sites (tertiary alicyclic amines) is 1. The summed E-state index contributed by atoms with van der Waals surface area (Å²) in [6, 6.07) is 22.2. The summed E-state index contributed by atoms with van der Waals surface area (Å²) in [5, 5.41) is 12.2. The summed E-state index contributed by atoms with van der Waals surface area (Å²) in [5.41, 5.74) is 4.94. The van der Waals surface area contributed by atoms with Crippen LogP contribution in [0, 0.1) is 6.92 Å². The number of amides is 1. The van der Waals surface area contributed by atoms with Crippen LogP contribution >= 0.6 is 0 Å². The molecule has 0 spiro atoms. The van der Waals surface area contributed by atoms with E-state index in [1.807, 2.05) is 73.7 Å². The molecule has 2 N–H and O–H groups in total. The van der Waals surface area contributed by atoms with Gasteiger partial charge in [-0.15, -0.1) is 0 Å². The fourth-order valence-electron chi connectivity index (χ4n) is 5.41. The molecule has 3 aromatic rings. The molecule has 1 fully saturated rings. The molecule has 0 aromatic heterocycles. The third kappa shape index (κ3) is 9.21. The van der Waals surface area contributed by atoms with E-state index in [2.05, 4.69) is 10.2 Å². The van der Waals surface area contributed by atoms with Crippen LogP contribution in [-0.2, 0) is 37.3 Å². The van der Waals surface area contributed by atoms with Crippen molar-refractivity contribution in [3.05, 3.63) is 95.1 Å². The molecule has 3 atom stereocenters. The van der Waals surface area contributed by atoms with Crippen molar-refractivity contribution in [3.8, 4) is 11.1 Å². The topological polar surface area (TPSA) is 122 Å². The molecule has 0 unspecified atom stereocenters. The zero-order valence-electron chi connectivity index (χ0n) is 24.9. The first-order valence-corrected chi connectivity index (χ1v) is 16.4. The van der Waals surface area contributed by atoms with Gasteiger partial charge in [-0.2, -0.15) is 0 Å². The Balaban J connectivity index is 1.56. The van der Waals surface area contributed by atoms with Crippen LogP contribution in [0.15, 0.2) is 72.8 Å². The predicted molar refractivity (Wildman–Crippen MR) is 166 cm³/mol. The third-order valence-electron chi connectivity index (χ3n) is 7.77. The lowest BCUT2D eigenvalue weighted by atomic mass is 9.93. The summed E-state index contributed by atoms with van der Waals surface area (Å²) in [4.78, 5) is 27.6. The lowest BCUT2D eigenvalue weighted by molar-refractivity contribution is -0.139. The molecule has 1 aliphatic rings. The number of aliphatic carboxylic acids is 1. The van der Waals surface area contributed by atoms with Crippen LogP contribution in [0.5, 0.6) is 0 Å². The molecule has 10 heteroatoms. The minimum absolute atomic E-state index is 0.0890. The molecule has 1 saturated heterocycles. The van der Waals surface area contributed by atoms with E-state index in [-0.39, 0.29) is 24.3 Å². The largest absolute Gasteiger partial charge is 0.480 e. The normalized spacial score (nSPS) is 17.9. The maximum absolute atomic E-state index is 13.4. The molecule has 9 nitrogen and oxygen atoms in total. The Morgan fingerprint density at radius 1 is 1.02 bits per heavy atom. The number of hydrogen-bond acceptors (Lipinski definition) is 7. The molecule has 0 saturated carbocycles. The van der Waals surface area contributed by atoms with Crippen molar-refractivity contribution >= 4 is 21.7 Å². The maximum Gasteiger partial charge on any atom is 0.326 e. The van der Waals surface area contributed by atoms with Crippen molar-refractivity contribution in [2.24, 2.45) is 0 Å². The van der Waals surface area contributed by atoms with Gasteiger partial charge in [0.2, 0.25) is 0 Å². The van der Waals surface area contributed by atoms with Gasteiger partial charge in [0.25, 0.3) is 5.91 Å². The van der Waals surface area contributed by atoms with Gasteiger partial charge >= 0.3 is 5.97 Å². The van der Waals surface area contributed by atoms with Crippen LogP contribution in [0.2, 0.25) is 0 Å². The Morgan fingerprint density at radius 3 is 2.42 bits per heavy atom. The van der Waals surface area contributed by atoms with Gasteiger partial charge in [0.05, 0.1) is 25.1 Å². The number of carbonyl (C=O) groups excluding carboxylic acids is 1. The van der Waals surface area contributed by atoms with E-state index in [0.29, 0.717) is 30.9 Å². The van der Waals surface area contributed by atoms with Crippen LogP contribution in [0.25, 0.3) is 11.1 Å². The summed E-state index contributed by atoms with van der Waals surface area (Å²) in [6.07, 6.45) is 1.76. The second kappa shape index (κ2) is 14.7. The molecule has 0 aliphatic carbocycles. The lowest BCUT2D eigenvalue weighted by Crippen LogP contribution is -2.42. The number of sulfone groups is 1. The highest BCUT2D eigenvalue weighted by molar-refractivity contribution is 7.90. The highest BCUT2D eigenvalue weighted by Crippen LogP contribution is 2.30. The van der Waals surface area contributed by atoms with Crippen LogP contribution in [-0.4, -0.2) is 80.8 Å². The standard InChI is InChI=1S/C33H40N2O7S/c1-23-9-7-8-12-28(23)30-17-25(13-14-29(30)32(36)34-31(33(37)38)15-16-43(3,39)40)19-35-20-27(41-2)18-26(35)22-42-21-24-10-5-4-6-11-24/h4-14,17,26-27,31H,15-16,18-22H2,1-3H3,(H,34,36)(H,37,38)/t26-,27-,31-/m0/s1. The van der Waals surface area contributed by atoms with E-state index in [4.69, 9.17) is 9.47 Å². The number of carbonyl (C=O) groups is 2.